The number of thiocarbonyl (C=S) groups is 1. The van der Waals surface area contributed by atoms with Crippen molar-refractivity contribution in [2.24, 2.45) is 0 Å². The lowest BCUT2D eigenvalue weighted by Gasteiger charge is -2.03. The standard InChI is InChI=1S/C7H5F3.CHNS/c8-7(9,10)6-4-2-1-3-5-6;2-1-3/h1-5H;2H. The molecule has 0 saturated carbocycles. The summed E-state index contributed by atoms with van der Waals surface area (Å²) in [7, 11) is 0. The van der Waals surface area contributed by atoms with Gasteiger partial charge in [-0.05, 0) is 12.2 Å². The molecule has 70 valence electrons. The lowest BCUT2D eigenvalue weighted by Crippen LogP contribution is -2.03. The van der Waals surface area contributed by atoms with E-state index in [2.05, 4.69) is 12.2 Å². The van der Waals surface area contributed by atoms with Crippen molar-refractivity contribution in [3.05, 3.63) is 35.9 Å². The van der Waals surface area contributed by atoms with Crippen LogP contribution in [0.4, 0.5) is 13.2 Å². The molecule has 0 aliphatic heterocycles. The first-order valence-corrected chi connectivity index (χ1v) is 3.59. The van der Waals surface area contributed by atoms with E-state index in [1.54, 1.807) is 11.2 Å². The number of rotatable bonds is 0. The number of isothiocyanates is 1. The van der Waals surface area contributed by atoms with Crippen LogP contribution in [0.3, 0.4) is 0 Å². The van der Waals surface area contributed by atoms with Crippen molar-refractivity contribution < 1.29 is 13.2 Å². The van der Waals surface area contributed by atoms with Gasteiger partial charge >= 0.3 is 6.18 Å². The van der Waals surface area contributed by atoms with Crippen LogP contribution in [0.2, 0.25) is 0 Å². The Morgan fingerprint density at radius 2 is 1.54 bits per heavy atom. The van der Waals surface area contributed by atoms with Gasteiger partial charge in [0, 0.05) is 0 Å². The normalized spacial score (nSPS) is 9.46. The van der Waals surface area contributed by atoms with E-state index in [9.17, 15) is 13.2 Å². The van der Waals surface area contributed by atoms with E-state index in [0.717, 1.165) is 12.1 Å². The Morgan fingerprint density at radius 1 is 1.15 bits per heavy atom. The molecule has 1 nitrogen and oxygen atoms in total. The van der Waals surface area contributed by atoms with Crippen LogP contribution in [0.15, 0.2) is 30.3 Å². The van der Waals surface area contributed by atoms with E-state index in [0.29, 0.717) is 0 Å². The van der Waals surface area contributed by atoms with E-state index in [-0.39, 0.29) is 0 Å². The fourth-order valence-corrected chi connectivity index (χ4v) is 0.627. The van der Waals surface area contributed by atoms with Crippen molar-refractivity contribution >= 4 is 17.4 Å². The summed E-state index contributed by atoms with van der Waals surface area (Å²) in [6.07, 6.45) is -4.21. The maximum atomic E-state index is 11.8. The molecule has 0 saturated heterocycles. The predicted molar refractivity (Wildman–Crippen MR) is 46.8 cm³/mol. The Labute approximate surface area is 78.7 Å². The second-order valence-electron chi connectivity index (χ2n) is 1.97. The summed E-state index contributed by atoms with van der Waals surface area (Å²) in [4.78, 5) is 0. The van der Waals surface area contributed by atoms with Crippen molar-refractivity contribution in [1.29, 1.82) is 5.41 Å². The minimum absolute atomic E-state index is 0.602. The Balaban J connectivity index is 0.000000424. The average Bonchev–Trinajstić information content (AvgIpc) is 2.06. The molecule has 0 aliphatic carbocycles. The molecule has 0 fully saturated rings. The monoisotopic (exact) mass is 205 g/mol. The Kier molecular flexibility index (Phi) is 4.96. The topological polar surface area (TPSA) is 23.9 Å². The number of benzene rings is 1. The number of hydrogen-bond acceptors (Lipinski definition) is 2. The molecule has 0 amide bonds. The molecule has 13 heavy (non-hydrogen) atoms. The van der Waals surface area contributed by atoms with Crippen molar-refractivity contribution in [2.45, 2.75) is 6.18 Å². The Morgan fingerprint density at radius 3 is 1.77 bits per heavy atom. The fourth-order valence-electron chi connectivity index (χ4n) is 0.627. The number of halogens is 3. The molecule has 5 heteroatoms. The molecule has 0 radical (unpaired) electrons. The zero-order valence-electron chi connectivity index (χ0n) is 6.43. The van der Waals surface area contributed by atoms with Gasteiger partial charge in [0.05, 0.1) is 10.7 Å². The minimum atomic E-state index is -4.21. The van der Waals surface area contributed by atoms with Crippen LogP contribution in [0.25, 0.3) is 0 Å². The molecule has 1 aromatic carbocycles. The zero-order valence-corrected chi connectivity index (χ0v) is 7.25. The van der Waals surface area contributed by atoms with E-state index >= 15 is 0 Å². The molecule has 1 aromatic rings. The molecule has 0 aliphatic rings. The van der Waals surface area contributed by atoms with Crippen LogP contribution in [0.5, 0.6) is 0 Å². The van der Waals surface area contributed by atoms with Crippen molar-refractivity contribution in [3.8, 4) is 0 Å². The van der Waals surface area contributed by atoms with Gasteiger partial charge in [-0.25, -0.2) is 5.41 Å². The fraction of sp³-hybridized carbons (Fsp3) is 0.125. The van der Waals surface area contributed by atoms with Gasteiger partial charge in [-0.2, -0.15) is 13.2 Å². The maximum absolute atomic E-state index is 11.8. The Bertz CT molecular complexity index is 275. The molecule has 1 rings (SSSR count). The van der Waals surface area contributed by atoms with Crippen LogP contribution < -0.4 is 0 Å². The van der Waals surface area contributed by atoms with Crippen LogP contribution in [0, 0.1) is 5.41 Å². The van der Waals surface area contributed by atoms with E-state index in [1.807, 2.05) is 0 Å². The Hall–Kier alpha value is -1.19. The summed E-state index contributed by atoms with van der Waals surface area (Å²) in [6, 6.07) is 6.36. The van der Waals surface area contributed by atoms with Gasteiger partial charge in [-0.3, -0.25) is 0 Å². The second-order valence-corrected chi connectivity index (χ2v) is 2.17. The van der Waals surface area contributed by atoms with Gasteiger partial charge in [-0.1, -0.05) is 30.3 Å². The molecule has 0 unspecified atom stereocenters. The van der Waals surface area contributed by atoms with E-state index in [1.165, 1.54) is 12.1 Å². The third-order valence-corrected chi connectivity index (χ3v) is 1.10. The van der Waals surface area contributed by atoms with Crippen molar-refractivity contribution in [3.63, 3.8) is 0 Å². The van der Waals surface area contributed by atoms with E-state index < -0.39 is 11.7 Å². The van der Waals surface area contributed by atoms with Gasteiger partial charge in [0.15, 0.2) is 0 Å². The molecule has 0 spiro atoms. The summed E-state index contributed by atoms with van der Waals surface area (Å²) in [5.74, 6) is 0. The van der Waals surface area contributed by atoms with Crippen LogP contribution in [-0.2, 0) is 6.18 Å². The number of alkyl halides is 3. The highest BCUT2D eigenvalue weighted by Gasteiger charge is 2.29. The summed E-state index contributed by atoms with van der Waals surface area (Å²) in [5.41, 5.74) is -0.602. The molecule has 0 atom stereocenters. The van der Waals surface area contributed by atoms with Crippen LogP contribution >= 0.6 is 12.2 Å². The third kappa shape index (κ3) is 5.11. The van der Waals surface area contributed by atoms with Crippen LogP contribution in [0.1, 0.15) is 5.56 Å². The number of hydrogen-bond donors (Lipinski definition) is 1. The molecular formula is C8H6F3NS. The largest absolute Gasteiger partial charge is 0.416 e. The molecule has 0 aromatic heterocycles. The van der Waals surface area contributed by atoms with Crippen molar-refractivity contribution in [2.75, 3.05) is 0 Å². The SMILES string of the molecule is FC(F)(F)c1ccccc1.N=C=S. The minimum Gasteiger partial charge on any atom is -0.248 e. The highest BCUT2D eigenvalue weighted by atomic mass is 32.1. The first-order valence-electron chi connectivity index (χ1n) is 3.18. The van der Waals surface area contributed by atoms with Gasteiger partial charge in [0.1, 0.15) is 0 Å². The van der Waals surface area contributed by atoms with E-state index in [4.69, 9.17) is 5.41 Å². The maximum Gasteiger partial charge on any atom is 0.416 e. The van der Waals surface area contributed by atoms with Crippen LogP contribution in [-0.4, -0.2) is 5.16 Å². The summed E-state index contributed by atoms with van der Waals surface area (Å²) < 4.78 is 35.4. The molecule has 0 bridgehead atoms. The first-order chi connectivity index (χ1) is 6.02. The second kappa shape index (κ2) is 5.45. The zero-order chi connectivity index (χ0) is 10.3. The van der Waals surface area contributed by atoms with Gasteiger partial charge in [0.2, 0.25) is 0 Å². The smallest absolute Gasteiger partial charge is 0.248 e. The van der Waals surface area contributed by atoms with Gasteiger partial charge in [-0.15, -0.1) is 0 Å². The lowest BCUT2D eigenvalue weighted by molar-refractivity contribution is -0.137. The van der Waals surface area contributed by atoms with Crippen molar-refractivity contribution in [1.82, 2.24) is 0 Å². The lowest BCUT2D eigenvalue weighted by atomic mass is 10.2. The van der Waals surface area contributed by atoms with Gasteiger partial charge < -0.3 is 0 Å². The molecule has 1 N–H and O–H groups in total. The summed E-state index contributed by atoms with van der Waals surface area (Å²) in [6.45, 7) is 0. The molecular weight excluding hydrogens is 199 g/mol. The molecule has 0 heterocycles. The van der Waals surface area contributed by atoms with Gasteiger partial charge in [0.25, 0.3) is 0 Å². The quantitative estimate of drug-likeness (QED) is 0.509. The highest BCUT2D eigenvalue weighted by Crippen LogP contribution is 2.28. The third-order valence-electron chi connectivity index (χ3n) is 1.10. The number of nitrogens with one attached hydrogen (secondary N) is 1. The summed E-state index contributed by atoms with van der Waals surface area (Å²) >= 11 is 3.81. The predicted octanol–water partition coefficient (Wildman–Crippen LogP) is 3.37. The highest BCUT2D eigenvalue weighted by molar-refractivity contribution is 7.78. The summed E-state index contributed by atoms with van der Waals surface area (Å²) in [5, 5.41) is 7.36. The average molecular weight is 205 g/mol. The first kappa shape index (κ1) is 11.8.